The summed E-state index contributed by atoms with van der Waals surface area (Å²) in [6.45, 7) is 6.86. The Morgan fingerprint density at radius 3 is 2.85 bits per heavy atom. The van der Waals surface area contributed by atoms with Gasteiger partial charge in [-0.25, -0.2) is 4.79 Å². The van der Waals surface area contributed by atoms with Crippen LogP contribution in [0.2, 0.25) is 0 Å². The van der Waals surface area contributed by atoms with Gasteiger partial charge in [0.1, 0.15) is 17.3 Å². The van der Waals surface area contributed by atoms with Crippen molar-refractivity contribution >= 4 is 6.09 Å². The van der Waals surface area contributed by atoms with Crippen molar-refractivity contribution in [2.45, 2.75) is 44.5 Å². The molecule has 2 atom stereocenters. The van der Waals surface area contributed by atoms with Gasteiger partial charge in [0, 0.05) is 26.2 Å². The van der Waals surface area contributed by atoms with Gasteiger partial charge >= 0.3 is 6.09 Å². The predicted octanol–water partition coefficient (Wildman–Crippen LogP) is 1.66. The molecule has 0 unspecified atom stereocenters. The number of rotatable bonds is 1. The number of hydrogen-bond donors (Lipinski definition) is 0. The number of nitrogens with zero attached hydrogens (tertiary/aromatic N) is 3. The Kier molecular flexibility index (Phi) is 2.83. The highest BCUT2D eigenvalue weighted by molar-refractivity contribution is 5.68. The van der Waals surface area contributed by atoms with Crippen molar-refractivity contribution in [2.75, 3.05) is 13.1 Å². The lowest BCUT2D eigenvalue weighted by Crippen LogP contribution is -2.44. The number of carbonyl (C=O) groups excluding carboxylic acids is 1. The molecule has 0 aromatic carbocycles. The Bertz CT molecular complexity index is 534. The van der Waals surface area contributed by atoms with Crippen molar-refractivity contribution in [3.8, 4) is 0 Å². The van der Waals surface area contributed by atoms with Gasteiger partial charge < -0.3 is 14.4 Å². The predicted molar refractivity (Wildman–Crippen MR) is 72.2 cm³/mol. The summed E-state index contributed by atoms with van der Waals surface area (Å²) in [4.78, 5) is 13.8. The number of aryl methyl sites for hydroxylation is 1. The maximum absolute atomic E-state index is 12.1. The number of carbonyl (C=O) groups is 1. The van der Waals surface area contributed by atoms with Crippen LogP contribution in [-0.2, 0) is 22.1 Å². The van der Waals surface area contributed by atoms with E-state index in [0.717, 1.165) is 12.1 Å². The van der Waals surface area contributed by atoms with Gasteiger partial charge in [-0.05, 0) is 26.8 Å². The van der Waals surface area contributed by atoms with Gasteiger partial charge in [0.2, 0.25) is 0 Å². The fourth-order valence-corrected chi connectivity index (χ4v) is 2.85. The molecule has 3 rings (SSSR count). The molecule has 6 nitrogen and oxygen atoms in total. The van der Waals surface area contributed by atoms with Crippen LogP contribution in [0.25, 0.3) is 0 Å². The average molecular weight is 279 g/mol. The van der Waals surface area contributed by atoms with Crippen LogP contribution in [-0.4, -0.2) is 45.6 Å². The zero-order chi connectivity index (χ0) is 14.5. The first-order chi connectivity index (χ1) is 9.32. The van der Waals surface area contributed by atoms with E-state index in [9.17, 15) is 4.79 Å². The van der Waals surface area contributed by atoms with Crippen LogP contribution in [0, 0.1) is 0 Å². The van der Waals surface area contributed by atoms with Gasteiger partial charge in [0.25, 0.3) is 0 Å². The first-order valence-electron chi connectivity index (χ1n) is 6.96. The molecule has 0 N–H and O–H groups in total. The van der Waals surface area contributed by atoms with Crippen molar-refractivity contribution in [2.24, 2.45) is 7.05 Å². The van der Waals surface area contributed by atoms with E-state index in [1.54, 1.807) is 11.1 Å². The zero-order valence-electron chi connectivity index (χ0n) is 12.4. The third-order valence-corrected chi connectivity index (χ3v) is 3.86. The maximum atomic E-state index is 12.1. The number of piperidine rings is 1. The minimum atomic E-state index is -0.460. The van der Waals surface area contributed by atoms with Gasteiger partial charge in [0.05, 0.1) is 12.2 Å². The fraction of sp³-hybridized carbons (Fsp3) is 0.714. The van der Waals surface area contributed by atoms with Crippen LogP contribution in [0.1, 0.15) is 32.9 Å². The number of fused-ring (bicyclic) bond motifs is 1. The highest BCUT2D eigenvalue weighted by atomic mass is 16.6. The molecular weight excluding hydrogens is 258 g/mol. The third-order valence-electron chi connectivity index (χ3n) is 3.86. The molecule has 1 aromatic rings. The summed E-state index contributed by atoms with van der Waals surface area (Å²) in [6.07, 6.45) is 2.37. The molecule has 0 radical (unpaired) electrons. The molecule has 0 bridgehead atoms. The van der Waals surface area contributed by atoms with Gasteiger partial charge in [-0.2, -0.15) is 5.10 Å². The molecule has 6 heteroatoms. The molecule has 0 aliphatic carbocycles. The van der Waals surface area contributed by atoms with Crippen LogP contribution < -0.4 is 0 Å². The van der Waals surface area contributed by atoms with Crippen molar-refractivity contribution < 1.29 is 14.3 Å². The monoisotopic (exact) mass is 279 g/mol. The number of likely N-dealkylation sites (tertiary alicyclic amines) is 1. The number of amides is 1. The smallest absolute Gasteiger partial charge is 0.410 e. The first-order valence-corrected chi connectivity index (χ1v) is 6.96. The largest absolute Gasteiger partial charge is 0.444 e. The lowest BCUT2D eigenvalue weighted by Gasteiger charge is -2.30. The van der Waals surface area contributed by atoms with E-state index in [4.69, 9.17) is 9.47 Å². The van der Waals surface area contributed by atoms with E-state index in [0.29, 0.717) is 13.1 Å². The number of epoxide rings is 1. The second-order valence-corrected chi connectivity index (χ2v) is 6.51. The molecule has 20 heavy (non-hydrogen) atoms. The molecule has 3 heterocycles. The van der Waals surface area contributed by atoms with E-state index >= 15 is 0 Å². The second-order valence-electron chi connectivity index (χ2n) is 6.51. The highest BCUT2D eigenvalue weighted by Crippen LogP contribution is 2.51. The van der Waals surface area contributed by atoms with Gasteiger partial charge in [-0.15, -0.1) is 0 Å². The molecule has 1 amide bonds. The van der Waals surface area contributed by atoms with E-state index in [1.807, 2.05) is 38.6 Å². The minimum Gasteiger partial charge on any atom is -0.444 e. The number of hydrogen-bond acceptors (Lipinski definition) is 4. The molecule has 2 fully saturated rings. The first kappa shape index (κ1) is 13.4. The SMILES string of the molecule is Cn1nccc1[C@]12CCN(C(=O)OC(C)(C)C)C[C@H]1O2. The highest BCUT2D eigenvalue weighted by Gasteiger charge is 2.62. The van der Waals surface area contributed by atoms with E-state index in [2.05, 4.69) is 5.10 Å². The lowest BCUT2D eigenvalue weighted by molar-refractivity contribution is 0.0216. The molecule has 0 saturated carbocycles. The Balaban J connectivity index is 1.66. The van der Waals surface area contributed by atoms with E-state index < -0.39 is 5.60 Å². The molecule has 2 aliphatic heterocycles. The summed E-state index contributed by atoms with van der Waals surface area (Å²) in [5, 5.41) is 4.20. The maximum Gasteiger partial charge on any atom is 0.410 e. The minimum absolute atomic E-state index is 0.0548. The molecule has 2 aliphatic rings. The molecule has 110 valence electrons. The summed E-state index contributed by atoms with van der Waals surface area (Å²) in [6, 6.07) is 1.99. The topological polar surface area (TPSA) is 59.9 Å². The molecule has 2 saturated heterocycles. The summed E-state index contributed by atoms with van der Waals surface area (Å²) in [5.41, 5.74) is 0.383. The summed E-state index contributed by atoms with van der Waals surface area (Å²) < 4.78 is 13.1. The lowest BCUT2D eigenvalue weighted by atomic mass is 9.93. The summed E-state index contributed by atoms with van der Waals surface area (Å²) >= 11 is 0. The fourth-order valence-electron chi connectivity index (χ4n) is 2.85. The normalized spacial score (nSPS) is 29.0. The Morgan fingerprint density at radius 2 is 2.30 bits per heavy atom. The van der Waals surface area contributed by atoms with E-state index in [1.165, 1.54) is 0 Å². The number of aromatic nitrogens is 2. The van der Waals surface area contributed by atoms with Crippen molar-refractivity contribution in [1.29, 1.82) is 0 Å². The van der Waals surface area contributed by atoms with Crippen molar-refractivity contribution in [3.05, 3.63) is 18.0 Å². The Hall–Kier alpha value is -1.56. The standard InChI is InChI=1S/C14H21N3O3/c1-13(2,3)20-12(18)17-8-6-14(11(9-17)19-14)10-5-7-15-16(10)4/h5,7,11H,6,8-9H2,1-4H3/t11-,14-/m1/s1. The van der Waals surface area contributed by atoms with Gasteiger partial charge in [-0.3, -0.25) is 4.68 Å². The van der Waals surface area contributed by atoms with Gasteiger partial charge in [0.15, 0.2) is 0 Å². The Labute approximate surface area is 118 Å². The van der Waals surface area contributed by atoms with Crippen molar-refractivity contribution in [1.82, 2.24) is 14.7 Å². The van der Waals surface area contributed by atoms with Crippen LogP contribution in [0.4, 0.5) is 4.79 Å². The van der Waals surface area contributed by atoms with Gasteiger partial charge in [-0.1, -0.05) is 0 Å². The Morgan fingerprint density at radius 1 is 1.55 bits per heavy atom. The van der Waals surface area contributed by atoms with Crippen LogP contribution >= 0.6 is 0 Å². The summed E-state index contributed by atoms with van der Waals surface area (Å²) in [5.74, 6) is 0. The molecule has 0 spiro atoms. The van der Waals surface area contributed by atoms with Crippen LogP contribution in [0.3, 0.4) is 0 Å². The van der Waals surface area contributed by atoms with E-state index in [-0.39, 0.29) is 17.8 Å². The quantitative estimate of drug-likeness (QED) is 0.733. The van der Waals surface area contributed by atoms with Crippen LogP contribution in [0.15, 0.2) is 12.3 Å². The molecule has 1 aromatic heterocycles. The van der Waals surface area contributed by atoms with Crippen LogP contribution in [0.5, 0.6) is 0 Å². The second kappa shape index (κ2) is 4.22. The summed E-state index contributed by atoms with van der Waals surface area (Å²) in [7, 11) is 1.92. The zero-order valence-corrected chi connectivity index (χ0v) is 12.4. The number of ether oxygens (including phenoxy) is 2. The van der Waals surface area contributed by atoms with Crippen molar-refractivity contribution in [3.63, 3.8) is 0 Å². The average Bonchev–Trinajstić information content (AvgIpc) is 2.92. The molecular formula is C14H21N3O3. The third kappa shape index (κ3) is 2.18.